The van der Waals surface area contributed by atoms with Gasteiger partial charge in [0.2, 0.25) is 0 Å². The highest BCUT2D eigenvalue weighted by Gasteiger charge is 2.24. The van der Waals surface area contributed by atoms with Crippen LogP contribution >= 0.6 is 11.6 Å². The lowest BCUT2D eigenvalue weighted by Crippen LogP contribution is -2.44. The van der Waals surface area contributed by atoms with E-state index in [1.165, 1.54) is 0 Å². The van der Waals surface area contributed by atoms with Gasteiger partial charge in [-0.15, -0.1) is 0 Å². The van der Waals surface area contributed by atoms with Gasteiger partial charge in [-0.1, -0.05) is 11.6 Å². The molecule has 1 rings (SSSR count). The van der Waals surface area contributed by atoms with Crippen LogP contribution in [0.2, 0.25) is 5.02 Å². The minimum Gasteiger partial charge on any atom is -0.397 e. The second-order valence-corrected chi connectivity index (χ2v) is 4.67. The van der Waals surface area contributed by atoms with E-state index in [1.54, 1.807) is 18.2 Å². The van der Waals surface area contributed by atoms with Crippen LogP contribution in [0.5, 0.6) is 0 Å². The summed E-state index contributed by atoms with van der Waals surface area (Å²) >= 11 is 5.91. The fourth-order valence-corrected chi connectivity index (χ4v) is 1.41. The van der Waals surface area contributed by atoms with E-state index in [1.807, 2.05) is 25.8 Å². The smallest absolute Gasteiger partial charge is 0.0658 e. The highest BCUT2D eigenvalue weighted by Crippen LogP contribution is 2.30. The predicted octanol–water partition coefficient (Wildman–Crippen LogP) is 2.13. The van der Waals surface area contributed by atoms with Crippen molar-refractivity contribution < 1.29 is 5.11 Å². The van der Waals surface area contributed by atoms with E-state index in [0.29, 0.717) is 10.7 Å². The number of rotatable bonds is 3. The lowest BCUT2D eigenvalue weighted by Gasteiger charge is -2.36. The number of nitrogen functional groups attached to an aromatic ring is 1. The van der Waals surface area contributed by atoms with E-state index in [4.69, 9.17) is 17.3 Å². The first-order chi connectivity index (χ1) is 6.88. The number of halogens is 1. The van der Waals surface area contributed by atoms with Crippen molar-refractivity contribution in [1.82, 2.24) is 0 Å². The second kappa shape index (κ2) is 4.29. The molecule has 0 aliphatic heterocycles. The van der Waals surface area contributed by atoms with Gasteiger partial charge in [0.25, 0.3) is 0 Å². The summed E-state index contributed by atoms with van der Waals surface area (Å²) in [5, 5.41) is 9.91. The third kappa shape index (κ3) is 2.55. The Morgan fingerprint density at radius 1 is 1.47 bits per heavy atom. The molecule has 0 fully saturated rings. The molecule has 0 saturated carbocycles. The molecular formula is C11H17ClN2O. The Hall–Kier alpha value is -0.930. The Kier molecular flexibility index (Phi) is 3.47. The van der Waals surface area contributed by atoms with Crippen LogP contribution in [0.1, 0.15) is 13.8 Å². The molecule has 15 heavy (non-hydrogen) atoms. The molecule has 4 heteroatoms. The molecule has 1 aromatic carbocycles. The lowest BCUT2D eigenvalue weighted by atomic mass is 10.0. The van der Waals surface area contributed by atoms with E-state index in [9.17, 15) is 5.11 Å². The summed E-state index contributed by atoms with van der Waals surface area (Å²) < 4.78 is 0. The summed E-state index contributed by atoms with van der Waals surface area (Å²) in [6.07, 6.45) is 0. The van der Waals surface area contributed by atoms with Crippen molar-refractivity contribution >= 4 is 23.0 Å². The van der Waals surface area contributed by atoms with Crippen molar-refractivity contribution in [2.75, 3.05) is 24.3 Å². The van der Waals surface area contributed by atoms with E-state index < -0.39 is 0 Å². The van der Waals surface area contributed by atoms with Crippen LogP contribution in [0.3, 0.4) is 0 Å². The molecule has 0 saturated heterocycles. The largest absolute Gasteiger partial charge is 0.397 e. The van der Waals surface area contributed by atoms with Gasteiger partial charge in [0, 0.05) is 12.1 Å². The van der Waals surface area contributed by atoms with Crippen molar-refractivity contribution in [3.8, 4) is 0 Å². The number of hydrogen-bond acceptors (Lipinski definition) is 3. The number of anilines is 2. The molecule has 1 aromatic rings. The maximum absolute atomic E-state index is 9.27. The monoisotopic (exact) mass is 228 g/mol. The Morgan fingerprint density at radius 3 is 2.60 bits per heavy atom. The third-order valence-electron chi connectivity index (χ3n) is 2.65. The van der Waals surface area contributed by atoms with Crippen LogP contribution < -0.4 is 10.6 Å². The van der Waals surface area contributed by atoms with Crippen molar-refractivity contribution in [2.45, 2.75) is 19.4 Å². The summed E-state index contributed by atoms with van der Waals surface area (Å²) in [4.78, 5) is 1.92. The maximum Gasteiger partial charge on any atom is 0.0658 e. The van der Waals surface area contributed by atoms with Gasteiger partial charge < -0.3 is 15.7 Å². The average Bonchev–Trinajstić information content (AvgIpc) is 2.20. The highest BCUT2D eigenvalue weighted by molar-refractivity contribution is 6.31. The minimum atomic E-state index is -0.362. The summed E-state index contributed by atoms with van der Waals surface area (Å²) in [7, 11) is 1.89. The molecule has 0 heterocycles. The first-order valence-corrected chi connectivity index (χ1v) is 5.16. The Labute approximate surface area is 95.5 Å². The zero-order chi connectivity index (χ0) is 11.6. The number of nitrogens with zero attached hydrogens (tertiary/aromatic N) is 1. The summed E-state index contributed by atoms with van der Waals surface area (Å²) in [6.45, 7) is 3.93. The SMILES string of the molecule is CN(c1cc(Cl)ccc1N)C(C)(C)CO. The third-order valence-corrected chi connectivity index (χ3v) is 2.88. The van der Waals surface area contributed by atoms with E-state index >= 15 is 0 Å². The number of likely N-dealkylation sites (N-methyl/N-ethyl adjacent to an activating group) is 1. The van der Waals surface area contributed by atoms with Crippen molar-refractivity contribution in [3.63, 3.8) is 0 Å². The normalized spacial score (nSPS) is 11.5. The molecular weight excluding hydrogens is 212 g/mol. The quantitative estimate of drug-likeness (QED) is 0.780. The van der Waals surface area contributed by atoms with Crippen LogP contribution in [0.25, 0.3) is 0 Å². The first kappa shape index (κ1) is 12.1. The zero-order valence-electron chi connectivity index (χ0n) is 9.29. The fourth-order valence-electron chi connectivity index (χ4n) is 1.24. The molecule has 0 aromatic heterocycles. The lowest BCUT2D eigenvalue weighted by molar-refractivity contribution is 0.216. The summed E-state index contributed by atoms with van der Waals surface area (Å²) in [5.41, 5.74) is 6.99. The fraction of sp³-hybridized carbons (Fsp3) is 0.455. The van der Waals surface area contributed by atoms with Gasteiger partial charge in [-0.05, 0) is 32.0 Å². The average molecular weight is 229 g/mol. The number of hydrogen-bond donors (Lipinski definition) is 2. The molecule has 84 valence electrons. The minimum absolute atomic E-state index is 0.0510. The van der Waals surface area contributed by atoms with E-state index in [-0.39, 0.29) is 12.1 Å². The summed E-state index contributed by atoms with van der Waals surface area (Å²) in [6, 6.07) is 5.32. The topological polar surface area (TPSA) is 49.5 Å². The Balaban J connectivity index is 3.10. The summed E-state index contributed by atoms with van der Waals surface area (Å²) in [5.74, 6) is 0. The van der Waals surface area contributed by atoms with Crippen molar-refractivity contribution in [1.29, 1.82) is 0 Å². The zero-order valence-corrected chi connectivity index (χ0v) is 10.0. The molecule has 0 atom stereocenters. The van der Waals surface area contributed by atoms with Gasteiger partial charge in [0.15, 0.2) is 0 Å². The van der Waals surface area contributed by atoms with Crippen LogP contribution in [0.4, 0.5) is 11.4 Å². The molecule has 0 spiro atoms. The van der Waals surface area contributed by atoms with Crippen molar-refractivity contribution in [2.24, 2.45) is 0 Å². The number of nitrogens with two attached hydrogens (primary N) is 1. The molecule has 0 radical (unpaired) electrons. The van der Waals surface area contributed by atoms with Gasteiger partial charge >= 0.3 is 0 Å². The Bertz CT molecular complexity index is 352. The first-order valence-electron chi connectivity index (χ1n) is 4.78. The van der Waals surface area contributed by atoms with Crippen LogP contribution in [0, 0.1) is 0 Å². The molecule has 0 bridgehead atoms. The number of aliphatic hydroxyl groups excluding tert-OH is 1. The molecule has 0 aliphatic carbocycles. The second-order valence-electron chi connectivity index (χ2n) is 4.23. The van der Waals surface area contributed by atoms with Crippen LogP contribution in [-0.4, -0.2) is 24.3 Å². The maximum atomic E-state index is 9.27. The molecule has 0 amide bonds. The highest BCUT2D eigenvalue weighted by atomic mass is 35.5. The molecule has 3 nitrogen and oxygen atoms in total. The predicted molar refractivity (Wildman–Crippen MR) is 65.4 cm³/mol. The van der Waals surface area contributed by atoms with Gasteiger partial charge in [-0.3, -0.25) is 0 Å². The van der Waals surface area contributed by atoms with Crippen LogP contribution in [0.15, 0.2) is 18.2 Å². The van der Waals surface area contributed by atoms with Crippen LogP contribution in [-0.2, 0) is 0 Å². The number of benzene rings is 1. The van der Waals surface area contributed by atoms with E-state index in [2.05, 4.69) is 0 Å². The van der Waals surface area contributed by atoms with Gasteiger partial charge in [-0.25, -0.2) is 0 Å². The molecule has 3 N–H and O–H groups in total. The molecule has 0 unspecified atom stereocenters. The van der Waals surface area contributed by atoms with E-state index in [0.717, 1.165) is 5.69 Å². The van der Waals surface area contributed by atoms with Gasteiger partial charge in [-0.2, -0.15) is 0 Å². The number of aliphatic hydroxyl groups is 1. The Morgan fingerprint density at radius 2 is 2.07 bits per heavy atom. The van der Waals surface area contributed by atoms with Gasteiger partial charge in [0.1, 0.15) is 0 Å². The van der Waals surface area contributed by atoms with Crippen molar-refractivity contribution in [3.05, 3.63) is 23.2 Å². The van der Waals surface area contributed by atoms with Gasteiger partial charge in [0.05, 0.1) is 23.5 Å². The molecule has 0 aliphatic rings. The standard InChI is InChI=1S/C11H17ClN2O/c1-11(2,7-15)14(3)10-6-8(12)4-5-9(10)13/h4-6,15H,7,13H2,1-3H3.